The van der Waals surface area contributed by atoms with Crippen LogP contribution in [0.3, 0.4) is 0 Å². The van der Waals surface area contributed by atoms with Crippen molar-refractivity contribution in [3.63, 3.8) is 0 Å². The van der Waals surface area contributed by atoms with Crippen LogP contribution in [0.15, 0.2) is 28.8 Å². The quantitative estimate of drug-likeness (QED) is 0.856. The Morgan fingerprint density at radius 1 is 1.47 bits per heavy atom. The Kier molecular flexibility index (Phi) is 2.70. The van der Waals surface area contributed by atoms with Crippen LogP contribution in [0, 0.1) is 5.82 Å². The van der Waals surface area contributed by atoms with Crippen molar-refractivity contribution in [1.29, 1.82) is 0 Å². The molecule has 5 heteroatoms. The highest BCUT2D eigenvalue weighted by Gasteiger charge is 2.10. The van der Waals surface area contributed by atoms with Crippen molar-refractivity contribution < 1.29 is 8.81 Å². The molecule has 0 saturated heterocycles. The SMILES string of the molecule is NCc1ncc(-c2cc(Cl)ccc2F)o1. The summed E-state index contributed by atoms with van der Waals surface area (Å²) in [6.45, 7) is 0.183. The molecule has 1 heterocycles. The van der Waals surface area contributed by atoms with E-state index in [1.807, 2.05) is 0 Å². The third-order valence-corrected chi connectivity index (χ3v) is 2.16. The topological polar surface area (TPSA) is 52.0 Å². The Bertz CT molecular complexity index is 484. The minimum absolute atomic E-state index is 0.183. The van der Waals surface area contributed by atoms with Crippen LogP contribution < -0.4 is 5.73 Å². The first-order chi connectivity index (χ1) is 7.20. The first-order valence-electron chi connectivity index (χ1n) is 4.31. The summed E-state index contributed by atoms with van der Waals surface area (Å²) < 4.78 is 18.6. The van der Waals surface area contributed by atoms with E-state index in [1.54, 1.807) is 0 Å². The lowest BCUT2D eigenvalue weighted by Crippen LogP contribution is -1.94. The largest absolute Gasteiger partial charge is 0.439 e. The van der Waals surface area contributed by atoms with Crippen LogP contribution in [0.2, 0.25) is 5.02 Å². The lowest BCUT2D eigenvalue weighted by Gasteiger charge is -1.99. The summed E-state index contributed by atoms with van der Waals surface area (Å²) in [5.41, 5.74) is 5.62. The Labute approximate surface area is 90.7 Å². The summed E-state index contributed by atoms with van der Waals surface area (Å²) in [5, 5.41) is 0.442. The van der Waals surface area contributed by atoms with Gasteiger partial charge in [-0.2, -0.15) is 0 Å². The maximum atomic E-state index is 13.4. The number of oxazole rings is 1. The monoisotopic (exact) mass is 226 g/mol. The highest BCUT2D eigenvalue weighted by atomic mass is 35.5. The van der Waals surface area contributed by atoms with Crippen molar-refractivity contribution in [3.05, 3.63) is 41.1 Å². The molecular formula is C10H8ClFN2O. The first-order valence-corrected chi connectivity index (χ1v) is 4.68. The van der Waals surface area contributed by atoms with Gasteiger partial charge in [-0.05, 0) is 18.2 Å². The van der Waals surface area contributed by atoms with Crippen LogP contribution in [0.4, 0.5) is 4.39 Å². The number of benzene rings is 1. The van der Waals surface area contributed by atoms with E-state index in [0.717, 1.165) is 0 Å². The van der Waals surface area contributed by atoms with Crippen LogP contribution in [-0.4, -0.2) is 4.98 Å². The lowest BCUT2D eigenvalue weighted by atomic mass is 10.2. The van der Waals surface area contributed by atoms with Crippen LogP contribution in [0.25, 0.3) is 11.3 Å². The average molecular weight is 227 g/mol. The molecule has 0 amide bonds. The van der Waals surface area contributed by atoms with Gasteiger partial charge in [0.15, 0.2) is 5.76 Å². The Balaban J connectivity index is 2.48. The number of nitrogens with zero attached hydrogens (tertiary/aromatic N) is 1. The highest BCUT2D eigenvalue weighted by molar-refractivity contribution is 6.30. The molecule has 0 bridgehead atoms. The zero-order chi connectivity index (χ0) is 10.8. The molecule has 2 rings (SSSR count). The van der Waals surface area contributed by atoms with E-state index in [9.17, 15) is 4.39 Å². The molecule has 1 aromatic carbocycles. The van der Waals surface area contributed by atoms with Gasteiger partial charge in [-0.1, -0.05) is 11.6 Å². The Morgan fingerprint density at radius 3 is 2.93 bits per heavy atom. The maximum Gasteiger partial charge on any atom is 0.208 e. The second kappa shape index (κ2) is 4.00. The second-order valence-corrected chi connectivity index (χ2v) is 3.38. The fourth-order valence-corrected chi connectivity index (χ4v) is 1.39. The van der Waals surface area contributed by atoms with E-state index in [-0.39, 0.29) is 12.1 Å². The molecule has 0 radical (unpaired) electrons. The van der Waals surface area contributed by atoms with Crippen molar-refractivity contribution in [2.24, 2.45) is 5.73 Å². The van der Waals surface area contributed by atoms with Crippen molar-refractivity contribution in [3.8, 4) is 11.3 Å². The van der Waals surface area contributed by atoms with E-state index in [1.165, 1.54) is 24.4 Å². The van der Waals surface area contributed by atoms with Gasteiger partial charge >= 0.3 is 0 Å². The summed E-state index contributed by atoms with van der Waals surface area (Å²) in [7, 11) is 0. The fourth-order valence-electron chi connectivity index (χ4n) is 1.22. The lowest BCUT2D eigenvalue weighted by molar-refractivity contribution is 0.505. The number of hydrogen-bond donors (Lipinski definition) is 1. The molecule has 2 aromatic rings. The fraction of sp³-hybridized carbons (Fsp3) is 0.100. The van der Waals surface area contributed by atoms with E-state index >= 15 is 0 Å². The maximum absolute atomic E-state index is 13.4. The molecule has 0 atom stereocenters. The number of nitrogens with two attached hydrogens (primary N) is 1. The van der Waals surface area contributed by atoms with Gasteiger partial charge < -0.3 is 10.2 Å². The van der Waals surface area contributed by atoms with Gasteiger partial charge in [0.05, 0.1) is 18.3 Å². The summed E-state index contributed by atoms with van der Waals surface area (Å²) in [6.07, 6.45) is 1.43. The van der Waals surface area contributed by atoms with Gasteiger partial charge in [-0.3, -0.25) is 0 Å². The molecule has 2 N–H and O–H groups in total. The predicted molar refractivity (Wildman–Crippen MR) is 54.8 cm³/mol. The third-order valence-electron chi connectivity index (χ3n) is 1.92. The van der Waals surface area contributed by atoms with Gasteiger partial charge in [0.2, 0.25) is 5.89 Å². The van der Waals surface area contributed by atoms with E-state index in [2.05, 4.69) is 4.98 Å². The molecule has 15 heavy (non-hydrogen) atoms. The van der Waals surface area contributed by atoms with Crippen molar-refractivity contribution in [2.45, 2.75) is 6.54 Å². The summed E-state index contributed by atoms with van der Waals surface area (Å²) in [4.78, 5) is 3.88. The molecule has 0 fully saturated rings. The van der Waals surface area contributed by atoms with E-state index < -0.39 is 5.82 Å². The number of halogens is 2. The number of hydrogen-bond acceptors (Lipinski definition) is 3. The molecule has 3 nitrogen and oxygen atoms in total. The minimum Gasteiger partial charge on any atom is -0.439 e. The molecule has 78 valence electrons. The normalized spacial score (nSPS) is 10.6. The number of rotatable bonds is 2. The minimum atomic E-state index is -0.404. The summed E-state index contributed by atoms with van der Waals surface area (Å²) in [6, 6.07) is 4.24. The molecule has 0 aliphatic rings. The van der Waals surface area contributed by atoms with Crippen molar-refractivity contribution in [1.82, 2.24) is 4.98 Å². The smallest absolute Gasteiger partial charge is 0.208 e. The van der Waals surface area contributed by atoms with Gasteiger partial charge in [0.25, 0.3) is 0 Å². The highest BCUT2D eigenvalue weighted by Crippen LogP contribution is 2.26. The van der Waals surface area contributed by atoms with E-state index in [4.69, 9.17) is 21.8 Å². The number of aromatic nitrogens is 1. The average Bonchev–Trinajstić information content (AvgIpc) is 2.70. The van der Waals surface area contributed by atoms with Gasteiger partial charge in [0.1, 0.15) is 5.82 Å². The Morgan fingerprint density at radius 2 is 2.27 bits per heavy atom. The molecule has 0 aliphatic carbocycles. The van der Waals surface area contributed by atoms with Gasteiger partial charge in [-0.15, -0.1) is 0 Å². The summed E-state index contributed by atoms with van der Waals surface area (Å²) >= 11 is 5.75. The molecule has 1 aromatic heterocycles. The third kappa shape index (κ3) is 2.00. The second-order valence-electron chi connectivity index (χ2n) is 2.95. The molecular weight excluding hydrogens is 219 g/mol. The summed E-state index contributed by atoms with van der Waals surface area (Å²) in [5.74, 6) is 0.291. The van der Waals surface area contributed by atoms with Crippen LogP contribution in [0.5, 0.6) is 0 Å². The predicted octanol–water partition coefficient (Wildman–Crippen LogP) is 2.59. The van der Waals surface area contributed by atoms with Crippen LogP contribution in [-0.2, 0) is 6.54 Å². The van der Waals surface area contributed by atoms with Gasteiger partial charge in [0, 0.05) is 5.02 Å². The van der Waals surface area contributed by atoms with Crippen LogP contribution in [0.1, 0.15) is 5.89 Å². The van der Waals surface area contributed by atoms with Gasteiger partial charge in [-0.25, -0.2) is 9.37 Å². The first kappa shape index (κ1) is 10.1. The molecule has 0 aliphatic heterocycles. The zero-order valence-corrected chi connectivity index (χ0v) is 8.46. The zero-order valence-electron chi connectivity index (χ0n) is 7.71. The molecule has 0 spiro atoms. The van der Waals surface area contributed by atoms with Crippen molar-refractivity contribution in [2.75, 3.05) is 0 Å². The molecule has 0 unspecified atom stereocenters. The van der Waals surface area contributed by atoms with Crippen molar-refractivity contribution >= 4 is 11.6 Å². The Hall–Kier alpha value is -1.39. The van der Waals surface area contributed by atoms with Crippen LogP contribution >= 0.6 is 11.6 Å². The standard InChI is InChI=1S/C10H8ClFN2O/c11-6-1-2-8(12)7(3-6)9-5-14-10(4-13)15-9/h1-3,5H,4,13H2. The molecule has 0 saturated carbocycles. The van der Waals surface area contributed by atoms with E-state index in [0.29, 0.717) is 16.7 Å².